The largest absolute Gasteiger partial charge is 0.497 e. The maximum atomic E-state index is 12.5. The maximum Gasteiger partial charge on any atom is 0.287 e. The van der Waals surface area contributed by atoms with Gasteiger partial charge in [0, 0.05) is 26.2 Å². The van der Waals surface area contributed by atoms with Gasteiger partial charge in [-0.1, -0.05) is 42.5 Å². The van der Waals surface area contributed by atoms with E-state index in [4.69, 9.17) is 9.15 Å². The Morgan fingerprint density at radius 3 is 2.33 bits per heavy atom. The van der Waals surface area contributed by atoms with Gasteiger partial charge in [-0.25, -0.2) is 0 Å². The minimum absolute atomic E-state index is 0.148. The van der Waals surface area contributed by atoms with E-state index in [0.717, 1.165) is 44.2 Å². The van der Waals surface area contributed by atoms with E-state index in [9.17, 15) is 4.79 Å². The Hall–Kier alpha value is -3.09. The lowest BCUT2D eigenvalue weighted by molar-refractivity contribution is 0.0917. The molecular formula is C27H33N3O3. The molecule has 1 aliphatic heterocycles. The summed E-state index contributed by atoms with van der Waals surface area (Å²) in [5, 5.41) is 2.98. The first-order chi connectivity index (χ1) is 16.2. The van der Waals surface area contributed by atoms with Gasteiger partial charge >= 0.3 is 0 Å². The van der Waals surface area contributed by atoms with Crippen LogP contribution in [0.4, 0.5) is 0 Å². The van der Waals surface area contributed by atoms with Crippen LogP contribution >= 0.6 is 0 Å². The zero-order chi connectivity index (χ0) is 22.9. The van der Waals surface area contributed by atoms with Crippen molar-refractivity contribution in [3.63, 3.8) is 0 Å². The van der Waals surface area contributed by atoms with Gasteiger partial charge in [0.15, 0.2) is 5.76 Å². The second-order valence-corrected chi connectivity index (χ2v) is 8.55. The third-order valence-corrected chi connectivity index (χ3v) is 5.99. The highest BCUT2D eigenvalue weighted by atomic mass is 16.5. The topological polar surface area (TPSA) is 58.0 Å². The normalized spacial score (nSPS) is 14.0. The molecule has 0 radical (unpaired) electrons. The fraction of sp³-hybridized carbons (Fsp3) is 0.370. The fourth-order valence-corrected chi connectivity index (χ4v) is 4.22. The monoisotopic (exact) mass is 447 g/mol. The number of likely N-dealkylation sites (tertiary alicyclic amines) is 1. The number of carbonyl (C=O) groups excluding carboxylic acids is 1. The summed E-state index contributed by atoms with van der Waals surface area (Å²) in [4.78, 5) is 17.2. The van der Waals surface area contributed by atoms with Gasteiger partial charge in [-0.05, 0) is 61.3 Å². The van der Waals surface area contributed by atoms with E-state index in [1.54, 1.807) is 13.2 Å². The molecule has 33 heavy (non-hydrogen) atoms. The van der Waals surface area contributed by atoms with Crippen molar-refractivity contribution in [1.82, 2.24) is 15.1 Å². The molecule has 2 aromatic carbocycles. The van der Waals surface area contributed by atoms with Crippen molar-refractivity contribution in [2.45, 2.75) is 32.5 Å². The van der Waals surface area contributed by atoms with Gasteiger partial charge in [0.05, 0.1) is 13.7 Å². The highest BCUT2D eigenvalue weighted by molar-refractivity contribution is 5.91. The average molecular weight is 448 g/mol. The van der Waals surface area contributed by atoms with E-state index in [-0.39, 0.29) is 5.91 Å². The number of furan rings is 1. The number of amides is 1. The van der Waals surface area contributed by atoms with Crippen LogP contribution in [0.15, 0.2) is 71.1 Å². The van der Waals surface area contributed by atoms with Crippen LogP contribution in [0.1, 0.15) is 40.3 Å². The maximum absolute atomic E-state index is 12.5. The van der Waals surface area contributed by atoms with E-state index in [1.807, 2.05) is 24.3 Å². The third kappa shape index (κ3) is 6.94. The molecule has 0 spiro atoms. The van der Waals surface area contributed by atoms with E-state index < -0.39 is 0 Å². The fourth-order valence-electron chi connectivity index (χ4n) is 4.22. The summed E-state index contributed by atoms with van der Waals surface area (Å²) in [6, 6.07) is 22.2. The van der Waals surface area contributed by atoms with Gasteiger partial charge in [-0.2, -0.15) is 0 Å². The number of carbonyl (C=O) groups is 1. The van der Waals surface area contributed by atoms with Crippen LogP contribution < -0.4 is 10.1 Å². The summed E-state index contributed by atoms with van der Waals surface area (Å²) in [6.45, 7) is 5.96. The molecule has 0 unspecified atom stereocenters. The van der Waals surface area contributed by atoms with Crippen molar-refractivity contribution >= 4 is 5.91 Å². The van der Waals surface area contributed by atoms with Crippen LogP contribution in [0.3, 0.4) is 0 Å². The molecule has 1 aromatic heterocycles. The number of ether oxygens (including phenoxy) is 1. The Morgan fingerprint density at radius 2 is 1.64 bits per heavy atom. The molecule has 1 N–H and O–H groups in total. The summed E-state index contributed by atoms with van der Waals surface area (Å²) in [5.74, 6) is 1.85. The molecular weight excluding hydrogens is 414 g/mol. The Labute approximate surface area is 196 Å². The quantitative estimate of drug-likeness (QED) is 0.475. The lowest BCUT2D eigenvalue weighted by Crippen LogP contribution is -2.33. The first kappa shape index (κ1) is 23.1. The molecule has 0 aliphatic carbocycles. The molecule has 2 heterocycles. The van der Waals surface area contributed by atoms with Gasteiger partial charge in [-0.3, -0.25) is 9.69 Å². The highest BCUT2D eigenvalue weighted by Crippen LogP contribution is 2.18. The number of nitrogens with zero attached hydrogens (tertiary/aromatic N) is 2. The molecule has 0 saturated carbocycles. The van der Waals surface area contributed by atoms with Crippen LogP contribution in [-0.4, -0.2) is 49.0 Å². The number of benzene rings is 2. The van der Waals surface area contributed by atoms with Gasteiger partial charge < -0.3 is 19.4 Å². The Kier molecular flexibility index (Phi) is 8.17. The highest BCUT2D eigenvalue weighted by Gasteiger charge is 2.16. The number of hydrogen-bond acceptors (Lipinski definition) is 5. The van der Waals surface area contributed by atoms with Gasteiger partial charge in [0.1, 0.15) is 11.5 Å². The Bertz CT molecular complexity index is 995. The lowest BCUT2D eigenvalue weighted by atomic mass is 10.1. The van der Waals surface area contributed by atoms with E-state index in [2.05, 4.69) is 51.5 Å². The van der Waals surface area contributed by atoms with Crippen molar-refractivity contribution in [2.24, 2.45) is 0 Å². The van der Waals surface area contributed by atoms with Crippen molar-refractivity contribution in [3.05, 3.63) is 89.4 Å². The van der Waals surface area contributed by atoms with E-state index in [0.29, 0.717) is 18.8 Å². The SMILES string of the molecule is COc1ccc(CN(Cc2ccccc2)Cc2ccc(C(=O)NCCN3CCCC3)o2)cc1. The van der Waals surface area contributed by atoms with Crippen molar-refractivity contribution in [2.75, 3.05) is 33.3 Å². The molecule has 0 atom stereocenters. The van der Waals surface area contributed by atoms with Crippen molar-refractivity contribution in [1.29, 1.82) is 0 Å². The summed E-state index contributed by atoms with van der Waals surface area (Å²) in [5.41, 5.74) is 2.43. The first-order valence-electron chi connectivity index (χ1n) is 11.7. The molecule has 1 amide bonds. The molecule has 6 nitrogen and oxygen atoms in total. The van der Waals surface area contributed by atoms with Crippen molar-refractivity contribution in [3.8, 4) is 5.75 Å². The number of hydrogen-bond donors (Lipinski definition) is 1. The third-order valence-electron chi connectivity index (χ3n) is 5.99. The number of nitrogens with one attached hydrogen (secondary N) is 1. The van der Waals surface area contributed by atoms with Gasteiger partial charge in [0.25, 0.3) is 5.91 Å². The molecule has 174 valence electrons. The summed E-state index contributed by atoms with van der Waals surface area (Å²) in [6.07, 6.45) is 2.51. The Balaban J connectivity index is 1.37. The van der Waals surface area contributed by atoms with E-state index in [1.165, 1.54) is 24.0 Å². The molecule has 1 fully saturated rings. The Morgan fingerprint density at radius 1 is 0.939 bits per heavy atom. The molecule has 3 aromatic rings. The van der Waals surface area contributed by atoms with E-state index >= 15 is 0 Å². The molecule has 1 saturated heterocycles. The molecule has 4 rings (SSSR count). The van der Waals surface area contributed by atoms with Crippen LogP contribution in [0, 0.1) is 0 Å². The van der Waals surface area contributed by atoms with Gasteiger partial charge in [0.2, 0.25) is 0 Å². The van der Waals surface area contributed by atoms with Crippen LogP contribution in [0.2, 0.25) is 0 Å². The summed E-state index contributed by atoms with van der Waals surface area (Å²) < 4.78 is 11.2. The number of rotatable bonds is 11. The zero-order valence-electron chi connectivity index (χ0n) is 19.3. The second-order valence-electron chi connectivity index (χ2n) is 8.55. The summed E-state index contributed by atoms with van der Waals surface area (Å²) in [7, 11) is 1.67. The molecule has 1 aliphatic rings. The number of methoxy groups -OCH3 is 1. The van der Waals surface area contributed by atoms with Crippen LogP contribution in [0.25, 0.3) is 0 Å². The second kappa shape index (κ2) is 11.7. The minimum Gasteiger partial charge on any atom is -0.497 e. The lowest BCUT2D eigenvalue weighted by Gasteiger charge is -2.21. The summed E-state index contributed by atoms with van der Waals surface area (Å²) >= 11 is 0. The zero-order valence-corrected chi connectivity index (χ0v) is 19.3. The standard InChI is InChI=1S/C27H33N3O3/c1-32-24-11-9-23(10-12-24)20-30(19-22-7-3-2-4-8-22)21-25-13-14-26(33-25)27(31)28-15-18-29-16-5-6-17-29/h2-4,7-14H,5-6,15-21H2,1H3,(H,28,31). The molecule has 6 heteroatoms. The predicted octanol–water partition coefficient (Wildman–Crippen LogP) is 4.32. The predicted molar refractivity (Wildman–Crippen MR) is 129 cm³/mol. The van der Waals surface area contributed by atoms with Crippen molar-refractivity contribution < 1.29 is 13.9 Å². The van der Waals surface area contributed by atoms with Crippen LogP contribution in [0.5, 0.6) is 5.75 Å². The average Bonchev–Trinajstić information content (AvgIpc) is 3.53. The smallest absolute Gasteiger partial charge is 0.287 e. The minimum atomic E-state index is -0.148. The molecule has 0 bridgehead atoms. The van der Waals surface area contributed by atoms with Crippen LogP contribution in [-0.2, 0) is 19.6 Å². The first-order valence-corrected chi connectivity index (χ1v) is 11.7. The van der Waals surface area contributed by atoms with Gasteiger partial charge in [-0.15, -0.1) is 0 Å².